The Bertz CT molecular complexity index is 753. The minimum atomic E-state index is -0.414. The number of benzene rings is 2. The molecular formula is C19H25IN3O3Pm-. The third kappa shape index (κ3) is 6.14. The molecule has 0 bridgehead atoms. The van der Waals surface area contributed by atoms with Crippen LogP contribution in [0.3, 0.4) is 0 Å². The van der Waals surface area contributed by atoms with E-state index in [4.69, 9.17) is 20.9 Å². The molecule has 2 aromatic rings. The van der Waals surface area contributed by atoms with Crippen molar-refractivity contribution in [1.29, 1.82) is 0 Å². The number of nitrogens with two attached hydrogens (primary N) is 2. The number of alkyl halides is 1. The molecular weight excluding hydrogens is 590 g/mol. The first-order valence-electron chi connectivity index (χ1n) is 8.55. The van der Waals surface area contributed by atoms with Crippen molar-refractivity contribution < 1.29 is 55.0 Å². The summed E-state index contributed by atoms with van der Waals surface area (Å²) in [5, 5.41) is 13.5. The third-order valence-corrected chi connectivity index (χ3v) is 5.77. The van der Waals surface area contributed by atoms with E-state index in [0.29, 0.717) is 11.5 Å². The zero-order valence-corrected chi connectivity index (χ0v) is 20.7. The van der Waals surface area contributed by atoms with Crippen LogP contribution in [0.2, 0.25) is 0 Å². The third-order valence-electron chi connectivity index (χ3n) is 4.03. The van der Waals surface area contributed by atoms with Gasteiger partial charge in [0.2, 0.25) is 0 Å². The molecule has 0 atom stereocenters. The fourth-order valence-corrected chi connectivity index (χ4v) is 2.58. The minimum absolute atomic E-state index is 0. The Morgan fingerprint density at radius 3 is 2.37 bits per heavy atom. The van der Waals surface area contributed by atoms with E-state index in [-0.39, 0.29) is 63.3 Å². The predicted molar refractivity (Wildman–Crippen MR) is 114 cm³/mol. The molecule has 0 aliphatic carbocycles. The Kier molecular flexibility index (Phi) is 9.69. The molecule has 0 aliphatic rings. The molecule has 0 unspecified atom stereocenters. The van der Waals surface area contributed by atoms with Crippen LogP contribution in [0, 0.1) is 46.5 Å². The minimum Gasteiger partial charge on any atom is -0.504 e. The number of nitrogens with one attached hydrogen (secondary N) is 1. The number of anilines is 3. The van der Waals surface area contributed by atoms with Crippen molar-refractivity contribution in [2.45, 2.75) is 37.2 Å². The fraction of sp³-hybridized carbons (Fsp3) is 0.368. The Hall–Kier alpha value is -0.692. The van der Waals surface area contributed by atoms with Crippen molar-refractivity contribution in [1.82, 2.24) is 0 Å². The maximum Gasteiger partial charge on any atom is 0.191 e. The van der Waals surface area contributed by atoms with Crippen LogP contribution in [0.25, 0.3) is 0 Å². The zero-order chi connectivity index (χ0) is 19.3. The maximum atomic E-state index is 10.4. The van der Waals surface area contributed by atoms with E-state index in [1.165, 1.54) is 6.07 Å². The van der Waals surface area contributed by atoms with Gasteiger partial charge in [-0.05, 0) is 42.4 Å². The number of hydrogen-bond donors (Lipinski definition) is 4. The van der Waals surface area contributed by atoms with E-state index in [1.807, 2.05) is 26.8 Å². The number of aromatic hydroxyl groups is 1. The summed E-state index contributed by atoms with van der Waals surface area (Å²) in [5.41, 5.74) is 13.5. The average molecular weight is 615 g/mol. The van der Waals surface area contributed by atoms with Gasteiger partial charge in [0.05, 0.1) is 0 Å². The van der Waals surface area contributed by atoms with Gasteiger partial charge in [-0.15, -0.1) is 18.2 Å². The van der Waals surface area contributed by atoms with Gasteiger partial charge in [0, 0.05) is 58.7 Å². The van der Waals surface area contributed by atoms with Crippen molar-refractivity contribution in [2.24, 2.45) is 0 Å². The molecule has 2 aromatic carbocycles. The molecule has 147 valence electrons. The number of nitrogen functional groups attached to an aromatic ring is 2. The summed E-state index contributed by atoms with van der Waals surface area (Å²) in [7, 11) is 0. The standard InChI is InChI=1S/C19H25IN3O3.Pm/c1-4-19(20,5-2)26-15-11-14(24)18(17(22)16(15)21)25-13-9-7-12(8-10-13)23-6-3;/h7-9,11,23-24H,4-6,21-22H2,1-3H3;/q-1;. The Morgan fingerprint density at radius 2 is 1.85 bits per heavy atom. The van der Waals surface area contributed by atoms with Gasteiger partial charge in [0.1, 0.15) is 17.1 Å². The molecule has 27 heavy (non-hydrogen) atoms. The summed E-state index contributed by atoms with van der Waals surface area (Å²) < 4.78 is 11.3. The van der Waals surface area contributed by atoms with Gasteiger partial charge in [-0.2, -0.15) is 6.07 Å². The van der Waals surface area contributed by atoms with E-state index in [9.17, 15) is 5.11 Å². The second-order valence-corrected chi connectivity index (χ2v) is 7.78. The van der Waals surface area contributed by atoms with Gasteiger partial charge in [0.25, 0.3) is 0 Å². The molecule has 0 heterocycles. The second-order valence-electron chi connectivity index (χ2n) is 5.82. The molecule has 0 amide bonds. The Balaban J connectivity index is 0.00000364. The molecule has 0 spiro atoms. The molecule has 6 nitrogen and oxygen atoms in total. The van der Waals surface area contributed by atoms with Crippen LogP contribution in [0.4, 0.5) is 17.1 Å². The molecule has 8 heteroatoms. The summed E-state index contributed by atoms with van der Waals surface area (Å²) in [4.78, 5) is 0. The normalized spacial score (nSPS) is 10.8. The topological polar surface area (TPSA) is 103 Å². The van der Waals surface area contributed by atoms with Crippen LogP contribution >= 0.6 is 22.6 Å². The van der Waals surface area contributed by atoms with Gasteiger partial charge in [-0.1, -0.05) is 19.5 Å². The van der Waals surface area contributed by atoms with Crippen LogP contribution in [0.1, 0.15) is 33.6 Å². The Labute approximate surface area is 206 Å². The monoisotopic (exact) mass is 615 g/mol. The first-order chi connectivity index (χ1) is 12.3. The number of phenols is 1. The fourth-order valence-electron chi connectivity index (χ4n) is 2.34. The van der Waals surface area contributed by atoms with Crippen LogP contribution in [0.15, 0.2) is 24.3 Å². The average Bonchev–Trinajstić information content (AvgIpc) is 2.64. The first kappa shape index (κ1) is 24.3. The first-order valence-corrected chi connectivity index (χ1v) is 9.63. The summed E-state index contributed by atoms with van der Waals surface area (Å²) in [6.45, 7) is 6.88. The van der Waals surface area contributed by atoms with E-state index in [1.54, 1.807) is 12.1 Å². The summed E-state index contributed by atoms with van der Waals surface area (Å²) in [6, 6.07) is 9.79. The van der Waals surface area contributed by atoms with Crippen molar-refractivity contribution >= 4 is 39.7 Å². The van der Waals surface area contributed by atoms with Crippen LogP contribution in [-0.4, -0.2) is 15.3 Å². The largest absolute Gasteiger partial charge is 0.504 e. The SMILES string of the molecule is CCNc1c[c-]c(Oc2c(O)cc(OC(I)(CC)CC)c(N)c2N)cc1.[Pm]. The van der Waals surface area contributed by atoms with Crippen LogP contribution in [-0.2, 0) is 0 Å². The number of halogens is 1. The molecule has 0 saturated heterocycles. The number of hydrogen-bond acceptors (Lipinski definition) is 6. The van der Waals surface area contributed by atoms with E-state index in [2.05, 4.69) is 34.0 Å². The molecule has 6 N–H and O–H groups in total. The smallest absolute Gasteiger partial charge is 0.191 e. The summed E-state index contributed by atoms with van der Waals surface area (Å²) in [5.74, 6) is 0.722. The Morgan fingerprint density at radius 1 is 1.19 bits per heavy atom. The van der Waals surface area contributed by atoms with E-state index in [0.717, 1.165) is 25.1 Å². The van der Waals surface area contributed by atoms with Gasteiger partial charge < -0.3 is 31.4 Å². The summed E-state index contributed by atoms with van der Waals surface area (Å²) in [6.07, 6.45) is 1.57. The van der Waals surface area contributed by atoms with Crippen LogP contribution in [0.5, 0.6) is 23.0 Å². The van der Waals surface area contributed by atoms with Crippen LogP contribution < -0.4 is 26.3 Å². The molecule has 0 fully saturated rings. The molecule has 2 rings (SSSR count). The molecule has 1 radical (unpaired) electrons. The van der Waals surface area contributed by atoms with Gasteiger partial charge in [-0.3, -0.25) is 0 Å². The number of phenolic OH excluding ortho intramolecular Hbond substituents is 1. The number of ether oxygens (including phenoxy) is 2. The van der Waals surface area contributed by atoms with Crippen molar-refractivity contribution in [2.75, 3.05) is 23.3 Å². The summed E-state index contributed by atoms with van der Waals surface area (Å²) >= 11 is 2.24. The maximum absolute atomic E-state index is 10.4. The van der Waals surface area contributed by atoms with E-state index < -0.39 is 3.61 Å². The molecule has 0 saturated carbocycles. The van der Waals surface area contributed by atoms with Gasteiger partial charge >= 0.3 is 0 Å². The molecule has 0 aromatic heterocycles. The predicted octanol–water partition coefficient (Wildman–Crippen LogP) is 4.91. The van der Waals surface area contributed by atoms with E-state index >= 15 is 0 Å². The van der Waals surface area contributed by atoms with Gasteiger partial charge in [-0.25, -0.2) is 0 Å². The van der Waals surface area contributed by atoms with Crippen molar-refractivity contribution in [3.8, 4) is 23.0 Å². The van der Waals surface area contributed by atoms with Crippen molar-refractivity contribution in [3.63, 3.8) is 0 Å². The second kappa shape index (κ2) is 10.7. The van der Waals surface area contributed by atoms with Gasteiger partial charge in [0.15, 0.2) is 15.1 Å². The quantitative estimate of drug-likeness (QED) is 0.111. The number of rotatable bonds is 8. The molecule has 0 aliphatic heterocycles. The zero-order valence-electron chi connectivity index (χ0n) is 15.7. The van der Waals surface area contributed by atoms with Crippen molar-refractivity contribution in [3.05, 3.63) is 30.3 Å².